The second kappa shape index (κ2) is 3.70. The van der Waals surface area contributed by atoms with Gasteiger partial charge in [-0.2, -0.15) is 13.2 Å². The molecule has 1 aliphatic rings. The largest absolute Gasteiger partial charge is 0.421 e. The van der Waals surface area contributed by atoms with Gasteiger partial charge in [-0.1, -0.05) is 30.3 Å². The smallest absolute Gasteiger partial charge is 0.376 e. The summed E-state index contributed by atoms with van der Waals surface area (Å²) in [6.07, 6.45) is -4.94. The van der Waals surface area contributed by atoms with Gasteiger partial charge in [0.25, 0.3) is 0 Å². The Hall–Kier alpha value is -1.62. The molecular weight excluding hydrogens is 233 g/mol. The van der Waals surface area contributed by atoms with Crippen molar-refractivity contribution in [3.8, 4) is 0 Å². The fourth-order valence-corrected chi connectivity index (χ4v) is 1.87. The van der Waals surface area contributed by atoms with Crippen LogP contribution in [0.25, 0.3) is 5.57 Å². The molecular formula is C12H9F3O2. The number of hydrogen-bond donors (Lipinski definition) is 1. The number of carbonyl (C=O) groups excluding carboxylic acids is 1. The van der Waals surface area contributed by atoms with Gasteiger partial charge in [0.15, 0.2) is 11.4 Å². The van der Waals surface area contributed by atoms with Crippen molar-refractivity contribution in [3.63, 3.8) is 0 Å². The standard InChI is InChI=1S/C12H9F3O2/c13-12(14,15)11(17)7-9(16)6-10(11)8-4-2-1-3-5-8/h1-6,17H,7H2. The minimum Gasteiger partial charge on any atom is -0.376 e. The number of rotatable bonds is 1. The van der Waals surface area contributed by atoms with E-state index in [9.17, 15) is 23.1 Å². The summed E-state index contributed by atoms with van der Waals surface area (Å²) < 4.78 is 38.4. The molecule has 2 rings (SSSR count). The minimum atomic E-state index is -4.86. The Labute approximate surface area is 95.4 Å². The quantitative estimate of drug-likeness (QED) is 0.820. The van der Waals surface area contributed by atoms with Gasteiger partial charge in [-0.25, -0.2) is 0 Å². The van der Waals surface area contributed by atoms with Crippen LogP contribution >= 0.6 is 0 Å². The van der Waals surface area contributed by atoms with Crippen LogP contribution in [-0.4, -0.2) is 22.7 Å². The molecule has 0 radical (unpaired) electrons. The summed E-state index contributed by atoms with van der Waals surface area (Å²) in [6, 6.07) is 7.61. The number of benzene rings is 1. The fourth-order valence-electron chi connectivity index (χ4n) is 1.87. The molecule has 1 aromatic carbocycles. The lowest BCUT2D eigenvalue weighted by atomic mass is 9.90. The second-order valence-electron chi connectivity index (χ2n) is 3.93. The lowest BCUT2D eigenvalue weighted by Crippen LogP contribution is -2.44. The van der Waals surface area contributed by atoms with E-state index in [1.807, 2.05) is 0 Å². The van der Waals surface area contributed by atoms with E-state index in [1.54, 1.807) is 18.2 Å². The van der Waals surface area contributed by atoms with Gasteiger partial charge in [-0.3, -0.25) is 4.79 Å². The molecule has 0 amide bonds. The van der Waals surface area contributed by atoms with Gasteiger partial charge < -0.3 is 5.11 Å². The highest BCUT2D eigenvalue weighted by atomic mass is 19.4. The molecule has 1 aliphatic carbocycles. The molecule has 5 heteroatoms. The van der Waals surface area contributed by atoms with Crippen molar-refractivity contribution in [2.24, 2.45) is 0 Å². The molecule has 1 unspecified atom stereocenters. The Balaban J connectivity index is 2.52. The minimum absolute atomic E-state index is 0.207. The van der Waals surface area contributed by atoms with Gasteiger partial charge in [0.05, 0.1) is 6.42 Å². The lowest BCUT2D eigenvalue weighted by molar-refractivity contribution is -0.233. The van der Waals surface area contributed by atoms with Crippen molar-refractivity contribution in [1.82, 2.24) is 0 Å². The van der Waals surface area contributed by atoms with Crippen molar-refractivity contribution in [1.29, 1.82) is 0 Å². The molecule has 0 fully saturated rings. The van der Waals surface area contributed by atoms with Crippen molar-refractivity contribution < 1.29 is 23.1 Å². The van der Waals surface area contributed by atoms with E-state index >= 15 is 0 Å². The van der Waals surface area contributed by atoms with Gasteiger partial charge in [0.1, 0.15) is 0 Å². The van der Waals surface area contributed by atoms with E-state index < -0.39 is 24.0 Å². The van der Waals surface area contributed by atoms with Crippen molar-refractivity contribution in [2.75, 3.05) is 0 Å². The van der Waals surface area contributed by atoms with Crippen LogP contribution in [0.2, 0.25) is 0 Å². The maximum Gasteiger partial charge on any atom is 0.421 e. The molecule has 0 bridgehead atoms. The van der Waals surface area contributed by atoms with Crippen molar-refractivity contribution >= 4 is 11.4 Å². The third-order valence-corrected chi connectivity index (χ3v) is 2.73. The van der Waals surface area contributed by atoms with Crippen LogP contribution < -0.4 is 0 Å². The summed E-state index contributed by atoms with van der Waals surface area (Å²) in [4.78, 5) is 11.2. The van der Waals surface area contributed by atoms with Crippen LogP contribution in [0.15, 0.2) is 36.4 Å². The van der Waals surface area contributed by atoms with Crippen molar-refractivity contribution in [2.45, 2.75) is 18.2 Å². The maximum absolute atomic E-state index is 12.8. The topological polar surface area (TPSA) is 37.3 Å². The first kappa shape index (κ1) is 11.9. The fraction of sp³-hybridized carbons (Fsp3) is 0.250. The Kier molecular flexibility index (Phi) is 2.58. The van der Waals surface area contributed by atoms with Crippen LogP contribution in [-0.2, 0) is 4.79 Å². The molecule has 1 aromatic rings. The van der Waals surface area contributed by atoms with Crippen LogP contribution in [0.1, 0.15) is 12.0 Å². The van der Waals surface area contributed by atoms with Gasteiger partial charge in [-0.15, -0.1) is 0 Å². The number of aliphatic hydroxyl groups is 1. The summed E-state index contributed by atoms with van der Waals surface area (Å²) in [6.45, 7) is 0. The van der Waals surface area contributed by atoms with Crippen LogP contribution in [0.5, 0.6) is 0 Å². The average Bonchev–Trinajstić information content (AvgIpc) is 2.56. The van der Waals surface area contributed by atoms with Crippen molar-refractivity contribution in [3.05, 3.63) is 42.0 Å². The molecule has 0 spiro atoms. The van der Waals surface area contributed by atoms with Crippen LogP contribution in [0.3, 0.4) is 0 Å². The van der Waals surface area contributed by atoms with E-state index in [2.05, 4.69) is 0 Å². The molecule has 90 valence electrons. The van der Waals surface area contributed by atoms with Gasteiger partial charge in [0, 0.05) is 5.57 Å². The van der Waals surface area contributed by atoms with Gasteiger partial charge in [-0.05, 0) is 11.6 Å². The van der Waals surface area contributed by atoms with Gasteiger partial charge >= 0.3 is 6.18 Å². The van der Waals surface area contributed by atoms with Crippen LogP contribution in [0, 0.1) is 0 Å². The molecule has 1 N–H and O–H groups in total. The monoisotopic (exact) mass is 242 g/mol. The SMILES string of the molecule is O=C1C=C(c2ccccc2)C(O)(C(F)(F)F)C1. The lowest BCUT2D eigenvalue weighted by Gasteiger charge is -2.28. The Morgan fingerprint density at radius 3 is 2.29 bits per heavy atom. The summed E-state index contributed by atoms with van der Waals surface area (Å²) in [5.41, 5.74) is -3.24. The third kappa shape index (κ3) is 1.86. The van der Waals surface area contributed by atoms with Crippen LogP contribution in [0.4, 0.5) is 13.2 Å². The zero-order valence-corrected chi connectivity index (χ0v) is 8.66. The van der Waals surface area contributed by atoms with E-state index in [0.29, 0.717) is 0 Å². The second-order valence-corrected chi connectivity index (χ2v) is 3.93. The average molecular weight is 242 g/mol. The third-order valence-electron chi connectivity index (χ3n) is 2.73. The predicted molar refractivity (Wildman–Crippen MR) is 55.0 cm³/mol. The zero-order chi connectivity index (χ0) is 12.7. The highest BCUT2D eigenvalue weighted by molar-refractivity contribution is 6.05. The molecule has 1 atom stereocenters. The summed E-state index contributed by atoms with van der Waals surface area (Å²) in [5.74, 6) is -0.719. The maximum atomic E-state index is 12.8. The Morgan fingerprint density at radius 1 is 1.18 bits per heavy atom. The first-order chi connectivity index (χ1) is 7.84. The Bertz CT molecular complexity index is 476. The molecule has 0 aromatic heterocycles. The molecule has 0 heterocycles. The number of hydrogen-bond acceptors (Lipinski definition) is 2. The molecule has 0 aliphatic heterocycles. The number of ketones is 1. The number of carbonyl (C=O) groups is 1. The van der Waals surface area contributed by atoms with E-state index in [4.69, 9.17) is 0 Å². The number of alkyl halides is 3. The molecule has 17 heavy (non-hydrogen) atoms. The first-order valence-corrected chi connectivity index (χ1v) is 4.94. The number of halogens is 3. The highest BCUT2D eigenvalue weighted by Crippen LogP contribution is 2.46. The molecule has 2 nitrogen and oxygen atoms in total. The first-order valence-electron chi connectivity index (χ1n) is 4.94. The normalized spacial score (nSPS) is 24.9. The van der Waals surface area contributed by atoms with E-state index in [1.165, 1.54) is 12.1 Å². The van der Waals surface area contributed by atoms with E-state index in [0.717, 1.165) is 6.08 Å². The zero-order valence-electron chi connectivity index (χ0n) is 8.66. The molecule has 0 saturated carbocycles. The highest BCUT2D eigenvalue weighted by Gasteiger charge is 2.59. The summed E-state index contributed by atoms with van der Waals surface area (Å²) >= 11 is 0. The Morgan fingerprint density at radius 2 is 1.76 bits per heavy atom. The van der Waals surface area contributed by atoms with E-state index in [-0.39, 0.29) is 11.1 Å². The summed E-state index contributed by atoms with van der Waals surface area (Å²) in [7, 11) is 0. The predicted octanol–water partition coefficient (Wildman–Crippen LogP) is 2.34. The molecule has 0 saturated heterocycles. The summed E-state index contributed by atoms with van der Waals surface area (Å²) in [5, 5.41) is 9.70. The van der Waals surface area contributed by atoms with Gasteiger partial charge in [0.2, 0.25) is 0 Å². The number of allylic oxidation sites excluding steroid dienone is 1.